The van der Waals surface area contributed by atoms with Crippen LogP contribution >= 0.6 is 24.0 Å². The zero-order valence-corrected chi connectivity index (χ0v) is 15.3. The van der Waals surface area contributed by atoms with Gasteiger partial charge in [-0.2, -0.15) is 0 Å². The molecule has 5 heteroatoms. The Balaban J connectivity index is 0.00000361. The van der Waals surface area contributed by atoms with Crippen molar-refractivity contribution in [2.45, 2.75) is 40.2 Å². The number of rotatable bonds is 6. The van der Waals surface area contributed by atoms with E-state index in [1.807, 2.05) is 25.1 Å². The van der Waals surface area contributed by atoms with Gasteiger partial charge in [-0.05, 0) is 37.8 Å². The van der Waals surface area contributed by atoms with Crippen molar-refractivity contribution in [2.24, 2.45) is 10.9 Å². The molecule has 0 fully saturated rings. The van der Waals surface area contributed by atoms with Crippen molar-refractivity contribution >= 4 is 29.9 Å². The summed E-state index contributed by atoms with van der Waals surface area (Å²) in [5.41, 5.74) is 2.07. The molecule has 0 bridgehead atoms. The fraction of sp³-hybridized carbons (Fsp3) is 0.600. The summed E-state index contributed by atoms with van der Waals surface area (Å²) >= 11 is 0. The number of pyridine rings is 1. The molecule has 1 heterocycles. The Kier molecular flexibility index (Phi) is 10.4. The van der Waals surface area contributed by atoms with Crippen molar-refractivity contribution in [1.82, 2.24) is 15.6 Å². The summed E-state index contributed by atoms with van der Waals surface area (Å²) in [5.74, 6) is 1.60. The van der Waals surface area contributed by atoms with Crippen molar-refractivity contribution in [3.8, 4) is 0 Å². The topological polar surface area (TPSA) is 49.3 Å². The molecule has 0 unspecified atom stereocenters. The highest BCUT2D eigenvalue weighted by Crippen LogP contribution is 2.01. The molecular formula is C15H27IN4. The summed E-state index contributed by atoms with van der Waals surface area (Å²) in [6.45, 7) is 8.15. The summed E-state index contributed by atoms with van der Waals surface area (Å²) in [7, 11) is 1.79. The van der Waals surface area contributed by atoms with E-state index in [1.54, 1.807) is 7.05 Å². The molecule has 0 aliphatic heterocycles. The summed E-state index contributed by atoms with van der Waals surface area (Å²) in [6.07, 6.45) is 2.41. The molecule has 0 atom stereocenters. The number of nitrogens with one attached hydrogen (secondary N) is 2. The zero-order valence-electron chi connectivity index (χ0n) is 12.9. The van der Waals surface area contributed by atoms with Crippen LogP contribution in [0.4, 0.5) is 0 Å². The summed E-state index contributed by atoms with van der Waals surface area (Å²) in [4.78, 5) is 8.66. The maximum atomic E-state index is 4.45. The average molecular weight is 390 g/mol. The molecule has 0 spiro atoms. The fourth-order valence-corrected chi connectivity index (χ4v) is 1.81. The van der Waals surface area contributed by atoms with Crippen LogP contribution in [0.1, 0.15) is 38.1 Å². The van der Waals surface area contributed by atoms with E-state index in [2.05, 4.69) is 34.5 Å². The van der Waals surface area contributed by atoms with Gasteiger partial charge < -0.3 is 10.6 Å². The number of hydrogen-bond donors (Lipinski definition) is 2. The second kappa shape index (κ2) is 10.9. The van der Waals surface area contributed by atoms with Crippen LogP contribution < -0.4 is 10.6 Å². The summed E-state index contributed by atoms with van der Waals surface area (Å²) < 4.78 is 0. The van der Waals surface area contributed by atoms with E-state index in [-0.39, 0.29) is 24.0 Å². The standard InChI is InChI=1S/C15H26N4.HI/c1-12(2)7-6-10-17-15(16-4)18-11-14-9-5-8-13(3)19-14;/h5,8-9,12H,6-7,10-11H2,1-4H3,(H2,16,17,18);1H. The molecule has 1 aromatic heterocycles. The van der Waals surface area contributed by atoms with Crippen LogP contribution in [0, 0.1) is 12.8 Å². The van der Waals surface area contributed by atoms with Gasteiger partial charge >= 0.3 is 0 Å². The van der Waals surface area contributed by atoms with Crippen molar-refractivity contribution in [3.05, 3.63) is 29.6 Å². The second-order valence-electron chi connectivity index (χ2n) is 5.16. The first-order valence-corrected chi connectivity index (χ1v) is 6.99. The van der Waals surface area contributed by atoms with Gasteiger partial charge in [-0.1, -0.05) is 19.9 Å². The first kappa shape index (κ1) is 19.1. The van der Waals surface area contributed by atoms with E-state index < -0.39 is 0 Å². The van der Waals surface area contributed by atoms with Gasteiger partial charge in [-0.3, -0.25) is 9.98 Å². The fourth-order valence-electron chi connectivity index (χ4n) is 1.81. The van der Waals surface area contributed by atoms with E-state index in [0.29, 0.717) is 6.54 Å². The number of hydrogen-bond acceptors (Lipinski definition) is 2. The van der Waals surface area contributed by atoms with Gasteiger partial charge in [0.2, 0.25) is 0 Å². The van der Waals surface area contributed by atoms with Gasteiger partial charge in [0, 0.05) is 19.3 Å². The first-order chi connectivity index (χ1) is 9.11. The van der Waals surface area contributed by atoms with Crippen molar-refractivity contribution < 1.29 is 0 Å². The highest BCUT2D eigenvalue weighted by atomic mass is 127. The quantitative estimate of drug-likeness (QED) is 0.340. The van der Waals surface area contributed by atoms with Gasteiger partial charge in [-0.15, -0.1) is 24.0 Å². The maximum absolute atomic E-state index is 4.45. The molecule has 114 valence electrons. The molecule has 0 aliphatic rings. The first-order valence-electron chi connectivity index (χ1n) is 6.99. The van der Waals surface area contributed by atoms with E-state index >= 15 is 0 Å². The Morgan fingerprint density at radius 3 is 2.65 bits per heavy atom. The van der Waals surface area contributed by atoms with E-state index in [4.69, 9.17) is 0 Å². The smallest absolute Gasteiger partial charge is 0.191 e. The monoisotopic (exact) mass is 390 g/mol. The molecule has 1 aromatic rings. The number of halogens is 1. The SMILES string of the molecule is CN=C(NCCCC(C)C)NCc1cccc(C)n1.I. The molecular weight excluding hydrogens is 363 g/mol. The van der Waals surface area contributed by atoms with E-state index in [1.165, 1.54) is 12.8 Å². The Morgan fingerprint density at radius 1 is 1.30 bits per heavy atom. The van der Waals surface area contributed by atoms with E-state index in [0.717, 1.165) is 29.8 Å². The number of aryl methyl sites for hydroxylation is 1. The molecule has 20 heavy (non-hydrogen) atoms. The minimum Gasteiger partial charge on any atom is -0.356 e. The van der Waals surface area contributed by atoms with E-state index in [9.17, 15) is 0 Å². The lowest BCUT2D eigenvalue weighted by molar-refractivity contribution is 0.549. The van der Waals surface area contributed by atoms with Crippen LogP contribution in [-0.2, 0) is 6.54 Å². The number of nitrogens with zero attached hydrogens (tertiary/aromatic N) is 2. The largest absolute Gasteiger partial charge is 0.356 e. The Hall–Kier alpha value is -0.850. The lowest BCUT2D eigenvalue weighted by Gasteiger charge is -2.12. The van der Waals surface area contributed by atoms with Crippen LogP contribution in [0.15, 0.2) is 23.2 Å². The molecule has 0 amide bonds. The lowest BCUT2D eigenvalue weighted by Crippen LogP contribution is -2.37. The van der Waals surface area contributed by atoms with Crippen molar-refractivity contribution in [1.29, 1.82) is 0 Å². The average Bonchev–Trinajstić information content (AvgIpc) is 2.37. The molecule has 0 radical (unpaired) electrons. The lowest BCUT2D eigenvalue weighted by atomic mass is 10.1. The normalized spacial score (nSPS) is 11.2. The van der Waals surface area contributed by atoms with Gasteiger partial charge in [0.15, 0.2) is 5.96 Å². The van der Waals surface area contributed by atoms with Crippen molar-refractivity contribution in [2.75, 3.05) is 13.6 Å². The maximum Gasteiger partial charge on any atom is 0.191 e. The minimum atomic E-state index is 0. The highest BCUT2D eigenvalue weighted by Gasteiger charge is 2.00. The summed E-state index contributed by atoms with van der Waals surface area (Å²) in [5, 5.41) is 6.60. The Labute approximate surface area is 139 Å². The van der Waals surface area contributed by atoms with Crippen LogP contribution in [0.3, 0.4) is 0 Å². The minimum absolute atomic E-state index is 0. The third-order valence-electron chi connectivity index (χ3n) is 2.86. The molecule has 1 rings (SSSR count). The molecule has 0 aromatic carbocycles. The van der Waals surface area contributed by atoms with Crippen LogP contribution in [0.25, 0.3) is 0 Å². The van der Waals surface area contributed by atoms with Crippen LogP contribution in [-0.4, -0.2) is 24.5 Å². The molecule has 4 nitrogen and oxygen atoms in total. The van der Waals surface area contributed by atoms with Gasteiger partial charge in [0.05, 0.1) is 12.2 Å². The van der Waals surface area contributed by atoms with Gasteiger partial charge in [-0.25, -0.2) is 0 Å². The highest BCUT2D eigenvalue weighted by molar-refractivity contribution is 14.0. The Bertz CT molecular complexity index is 405. The third kappa shape index (κ3) is 8.35. The third-order valence-corrected chi connectivity index (χ3v) is 2.86. The number of guanidine groups is 1. The number of aromatic nitrogens is 1. The second-order valence-corrected chi connectivity index (χ2v) is 5.16. The zero-order chi connectivity index (χ0) is 14.1. The predicted octanol–water partition coefficient (Wildman–Crippen LogP) is 3.11. The molecule has 2 N–H and O–H groups in total. The molecule has 0 saturated carbocycles. The van der Waals surface area contributed by atoms with Gasteiger partial charge in [0.25, 0.3) is 0 Å². The van der Waals surface area contributed by atoms with Gasteiger partial charge in [0.1, 0.15) is 0 Å². The van der Waals surface area contributed by atoms with Crippen molar-refractivity contribution in [3.63, 3.8) is 0 Å². The predicted molar refractivity (Wildman–Crippen MR) is 96.7 cm³/mol. The van der Waals surface area contributed by atoms with Crippen LogP contribution in [0.5, 0.6) is 0 Å². The summed E-state index contributed by atoms with van der Waals surface area (Å²) in [6, 6.07) is 6.05. The molecule has 0 saturated heterocycles. The number of aliphatic imine (C=N–C) groups is 1. The van der Waals surface area contributed by atoms with Crippen LogP contribution in [0.2, 0.25) is 0 Å². The Morgan fingerprint density at radius 2 is 2.05 bits per heavy atom. The molecule has 0 aliphatic carbocycles.